The fraction of sp³-hybridized carbons (Fsp3) is 0.550. The van der Waals surface area contributed by atoms with Crippen LogP contribution in [-0.4, -0.2) is 38.7 Å². The van der Waals surface area contributed by atoms with Crippen LogP contribution in [0.1, 0.15) is 55.2 Å². The fourth-order valence-electron chi connectivity index (χ4n) is 4.16. The predicted molar refractivity (Wildman–Crippen MR) is 106 cm³/mol. The molecule has 4 rings (SSSR count). The molecule has 144 valence electrons. The topological polar surface area (TPSA) is 51.0 Å². The number of hydrogen-bond acceptors (Lipinski definition) is 3. The Labute approximate surface area is 169 Å². The van der Waals surface area contributed by atoms with Crippen molar-refractivity contribution in [3.8, 4) is 0 Å². The van der Waals surface area contributed by atoms with Gasteiger partial charge in [-0.05, 0) is 43.4 Å². The molecule has 2 aromatic rings. The summed E-state index contributed by atoms with van der Waals surface area (Å²) in [5, 5.41) is 10.1. The van der Waals surface area contributed by atoms with Crippen molar-refractivity contribution in [1.82, 2.24) is 19.7 Å². The second-order valence-electron chi connectivity index (χ2n) is 7.53. The van der Waals surface area contributed by atoms with Gasteiger partial charge in [-0.15, -0.1) is 10.2 Å². The SMILES string of the molecule is O=C(Cc1ccc(Cl)cc1Cl)N1CCC[C@H](c2nnc3n2CCCCC3)C1. The van der Waals surface area contributed by atoms with E-state index in [-0.39, 0.29) is 11.8 Å². The Morgan fingerprint density at radius 2 is 2.00 bits per heavy atom. The molecule has 1 amide bonds. The average molecular weight is 407 g/mol. The van der Waals surface area contributed by atoms with Crippen LogP contribution in [0.4, 0.5) is 0 Å². The Balaban J connectivity index is 1.46. The molecule has 0 saturated carbocycles. The normalized spacial score (nSPS) is 20.2. The van der Waals surface area contributed by atoms with Gasteiger partial charge in [0, 0.05) is 42.0 Å². The van der Waals surface area contributed by atoms with E-state index in [1.807, 2.05) is 11.0 Å². The molecule has 2 aliphatic heterocycles. The maximum Gasteiger partial charge on any atom is 0.227 e. The van der Waals surface area contributed by atoms with Gasteiger partial charge in [0.05, 0.1) is 6.42 Å². The lowest BCUT2D eigenvalue weighted by atomic mass is 9.96. The highest BCUT2D eigenvalue weighted by atomic mass is 35.5. The minimum atomic E-state index is 0.111. The number of carbonyl (C=O) groups is 1. The summed E-state index contributed by atoms with van der Waals surface area (Å²) in [7, 11) is 0. The predicted octanol–water partition coefficient (Wildman–Crippen LogP) is 4.26. The van der Waals surface area contributed by atoms with E-state index in [0.717, 1.165) is 49.6 Å². The summed E-state index contributed by atoms with van der Waals surface area (Å²) in [6, 6.07) is 5.30. The van der Waals surface area contributed by atoms with Crippen LogP contribution in [0.2, 0.25) is 10.0 Å². The molecule has 0 spiro atoms. The summed E-state index contributed by atoms with van der Waals surface area (Å²) in [5.41, 5.74) is 0.824. The zero-order valence-corrected chi connectivity index (χ0v) is 16.8. The lowest BCUT2D eigenvalue weighted by Gasteiger charge is -2.32. The molecule has 1 fully saturated rings. The van der Waals surface area contributed by atoms with Crippen molar-refractivity contribution in [3.63, 3.8) is 0 Å². The quantitative estimate of drug-likeness (QED) is 0.764. The van der Waals surface area contributed by atoms with E-state index in [0.29, 0.717) is 23.0 Å². The molecule has 0 radical (unpaired) electrons. The number of amides is 1. The number of rotatable bonds is 3. The van der Waals surface area contributed by atoms with Gasteiger partial charge in [0.1, 0.15) is 11.6 Å². The molecule has 1 atom stereocenters. The van der Waals surface area contributed by atoms with E-state index in [2.05, 4.69) is 14.8 Å². The third kappa shape index (κ3) is 4.14. The van der Waals surface area contributed by atoms with Gasteiger partial charge >= 0.3 is 0 Å². The van der Waals surface area contributed by atoms with Crippen LogP contribution in [0.25, 0.3) is 0 Å². The van der Waals surface area contributed by atoms with Crippen LogP contribution in [0.3, 0.4) is 0 Å². The van der Waals surface area contributed by atoms with Crippen LogP contribution in [0, 0.1) is 0 Å². The van der Waals surface area contributed by atoms with Crippen LogP contribution in [-0.2, 0) is 24.2 Å². The first kappa shape index (κ1) is 18.8. The third-order valence-electron chi connectivity index (χ3n) is 5.63. The minimum absolute atomic E-state index is 0.111. The molecule has 5 nitrogen and oxygen atoms in total. The van der Waals surface area contributed by atoms with Gasteiger partial charge in [0.2, 0.25) is 5.91 Å². The van der Waals surface area contributed by atoms with E-state index >= 15 is 0 Å². The third-order valence-corrected chi connectivity index (χ3v) is 6.22. The van der Waals surface area contributed by atoms with E-state index in [1.165, 1.54) is 19.3 Å². The van der Waals surface area contributed by atoms with Crippen molar-refractivity contribution in [3.05, 3.63) is 45.5 Å². The number of fused-ring (bicyclic) bond motifs is 1. The first-order chi connectivity index (χ1) is 13.1. The lowest BCUT2D eigenvalue weighted by Crippen LogP contribution is -2.40. The Morgan fingerprint density at radius 1 is 1.11 bits per heavy atom. The first-order valence-electron chi connectivity index (χ1n) is 9.75. The number of carbonyl (C=O) groups excluding carboxylic acids is 1. The zero-order chi connectivity index (χ0) is 18.8. The summed E-state index contributed by atoms with van der Waals surface area (Å²) < 4.78 is 2.31. The standard InChI is InChI=1S/C20H24Cl2N4O/c21-16-8-7-14(17(22)12-16)11-19(27)25-9-4-5-15(13-25)20-24-23-18-6-2-1-3-10-26(18)20/h7-8,12,15H,1-6,9-11,13H2/t15-/m0/s1. The highest BCUT2D eigenvalue weighted by Gasteiger charge is 2.29. The van der Waals surface area contributed by atoms with Crippen molar-refractivity contribution < 1.29 is 4.79 Å². The summed E-state index contributed by atoms with van der Waals surface area (Å²) >= 11 is 12.2. The summed E-state index contributed by atoms with van der Waals surface area (Å²) in [6.45, 7) is 2.51. The van der Waals surface area contributed by atoms with Crippen molar-refractivity contribution in [2.45, 2.75) is 57.4 Å². The molecule has 1 aromatic heterocycles. The van der Waals surface area contributed by atoms with Crippen LogP contribution >= 0.6 is 23.2 Å². The van der Waals surface area contributed by atoms with Gasteiger partial charge in [0.25, 0.3) is 0 Å². The number of aryl methyl sites for hydroxylation is 1. The van der Waals surface area contributed by atoms with Crippen LogP contribution < -0.4 is 0 Å². The van der Waals surface area contributed by atoms with E-state index in [1.54, 1.807) is 12.1 Å². The molecule has 0 bridgehead atoms. The second-order valence-corrected chi connectivity index (χ2v) is 8.37. The molecule has 0 unspecified atom stereocenters. The van der Waals surface area contributed by atoms with Gasteiger partial charge in [-0.2, -0.15) is 0 Å². The van der Waals surface area contributed by atoms with Crippen molar-refractivity contribution in [1.29, 1.82) is 0 Å². The van der Waals surface area contributed by atoms with Crippen LogP contribution in [0.15, 0.2) is 18.2 Å². The molecular formula is C20H24Cl2N4O. The molecule has 0 aliphatic carbocycles. The smallest absolute Gasteiger partial charge is 0.227 e. The second kappa shape index (κ2) is 8.19. The monoisotopic (exact) mass is 406 g/mol. The number of piperidine rings is 1. The fourth-order valence-corrected chi connectivity index (χ4v) is 4.64. The molecule has 1 saturated heterocycles. The average Bonchev–Trinajstić information content (AvgIpc) is 2.92. The van der Waals surface area contributed by atoms with Crippen molar-refractivity contribution >= 4 is 29.1 Å². The van der Waals surface area contributed by atoms with Gasteiger partial charge in [-0.25, -0.2) is 0 Å². The van der Waals surface area contributed by atoms with Crippen molar-refractivity contribution in [2.24, 2.45) is 0 Å². The summed E-state index contributed by atoms with van der Waals surface area (Å²) in [6.07, 6.45) is 6.99. The number of nitrogens with zero attached hydrogens (tertiary/aromatic N) is 4. The van der Waals surface area contributed by atoms with Crippen LogP contribution in [0.5, 0.6) is 0 Å². The number of aromatic nitrogens is 3. The summed E-state index contributed by atoms with van der Waals surface area (Å²) in [4.78, 5) is 14.8. The largest absolute Gasteiger partial charge is 0.342 e. The number of benzene rings is 1. The van der Waals surface area contributed by atoms with Crippen molar-refractivity contribution in [2.75, 3.05) is 13.1 Å². The number of halogens is 2. The zero-order valence-electron chi connectivity index (χ0n) is 15.3. The summed E-state index contributed by atoms with van der Waals surface area (Å²) in [5.74, 6) is 2.55. The maximum atomic E-state index is 12.9. The number of likely N-dealkylation sites (tertiary alicyclic amines) is 1. The van der Waals surface area contributed by atoms with E-state index in [9.17, 15) is 4.79 Å². The molecule has 2 aliphatic rings. The van der Waals surface area contributed by atoms with Gasteiger partial charge < -0.3 is 9.47 Å². The Hall–Kier alpha value is -1.59. The van der Waals surface area contributed by atoms with E-state index < -0.39 is 0 Å². The molecule has 0 N–H and O–H groups in total. The molecule has 7 heteroatoms. The Kier molecular flexibility index (Phi) is 5.69. The Morgan fingerprint density at radius 3 is 2.85 bits per heavy atom. The molecule has 3 heterocycles. The number of hydrogen-bond donors (Lipinski definition) is 0. The van der Waals surface area contributed by atoms with E-state index in [4.69, 9.17) is 23.2 Å². The van der Waals surface area contributed by atoms with Gasteiger partial charge in [0.15, 0.2) is 0 Å². The maximum absolute atomic E-state index is 12.9. The minimum Gasteiger partial charge on any atom is -0.342 e. The molecular weight excluding hydrogens is 383 g/mol. The molecule has 27 heavy (non-hydrogen) atoms. The van der Waals surface area contributed by atoms with Gasteiger partial charge in [-0.1, -0.05) is 35.7 Å². The lowest BCUT2D eigenvalue weighted by molar-refractivity contribution is -0.131. The molecule has 1 aromatic carbocycles. The highest BCUT2D eigenvalue weighted by Crippen LogP contribution is 2.29. The first-order valence-corrected chi connectivity index (χ1v) is 10.5. The Bertz CT molecular complexity index is 835. The highest BCUT2D eigenvalue weighted by molar-refractivity contribution is 6.35. The van der Waals surface area contributed by atoms with Gasteiger partial charge in [-0.3, -0.25) is 4.79 Å².